The van der Waals surface area contributed by atoms with Crippen molar-refractivity contribution in [1.82, 2.24) is 0 Å². The third-order valence-electron chi connectivity index (χ3n) is 6.95. The van der Waals surface area contributed by atoms with Crippen LogP contribution in [-0.2, 0) is 6.42 Å². The maximum Gasteiger partial charge on any atom is 0.165 e. The van der Waals surface area contributed by atoms with E-state index in [1.54, 1.807) is 12.1 Å². The van der Waals surface area contributed by atoms with Crippen LogP contribution in [0.25, 0.3) is 11.1 Å². The van der Waals surface area contributed by atoms with Crippen molar-refractivity contribution in [2.24, 2.45) is 16.8 Å². The number of anilines is 1. The third kappa shape index (κ3) is 5.94. The van der Waals surface area contributed by atoms with Gasteiger partial charge in [-0.25, -0.2) is 0 Å². The maximum atomic E-state index is 13.1. The van der Waals surface area contributed by atoms with Gasteiger partial charge in [0.15, 0.2) is 11.6 Å². The first kappa shape index (κ1) is 24.6. The van der Waals surface area contributed by atoms with Crippen molar-refractivity contribution in [3.63, 3.8) is 0 Å². The second-order valence-electron chi connectivity index (χ2n) is 9.52. The fraction of sp³-hybridized carbons (Fsp3) is 0.323. The van der Waals surface area contributed by atoms with Gasteiger partial charge in [-0.2, -0.15) is 0 Å². The highest BCUT2D eigenvalue weighted by molar-refractivity contribution is 6.06. The van der Waals surface area contributed by atoms with Crippen LogP contribution in [0.5, 0.6) is 0 Å². The molecule has 0 aliphatic carbocycles. The summed E-state index contributed by atoms with van der Waals surface area (Å²) >= 11 is 0. The van der Waals surface area contributed by atoms with Crippen molar-refractivity contribution in [3.05, 3.63) is 83.4 Å². The summed E-state index contributed by atoms with van der Waals surface area (Å²) in [6.45, 7) is 4.19. The first-order chi connectivity index (χ1) is 17.0. The van der Waals surface area contributed by atoms with Crippen molar-refractivity contribution in [2.45, 2.75) is 46.0 Å². The topological polar surface area (TPSA) is 58.5 Å². The summed E-state index contributed by atoms with van der Waals surface area (Å²) in [4.78, 5) is 30.0. The average Bonchev–Trinajstić information content (AvgIpc) is 3.06. The molecule has 35 heavy (non-hydrogen) atoms. The first-order valence-electron chi connectivity index (χ1n) is 12.6. The van der Waals surface area contributed by atoms with E-state index < -0.39 is 0 Å². The summed E-state index contributed by atoms with van der Waals surface area (Å²) in [6, 6.07) is 22.5. The number of nitrogens with zero attached hydrogens (tertiary/aromatic N) is 1. The Kier molecular flexibility index (Phi) is 7.91. The fourth-order valence-corrected chi connectivity index (χ4v) is 4.69. The lowest BCUT2D eigenvalue weighted by Crippen LogP contribution is -2.17. The van der Waals surface area contributed by atoms with Gasteiger partial charge in [0, 0.05) is 48.8 Å². The zero-order valence-corrected chi connectivity index (χ0v) is 20.9. The van der Waals surface area contributed by atoms with Crippen LogP contribution < -0.4 is 5.32 Å². The van der Waals surface area contributed by atoms with Crippen LogP contribution in [0.4, 0.5) is 11.4 Å². The SMILES string of the molecule is CCCC(=O)c1ccc2c(c1)C(=O)CC(C(C)CCc1cccc(-c3cccc(NC)c3)c1)C=N2. The van der Waals surface area contributed by atoms with Crippen LogP contribution in [0.3, 0.4) is 0 Å². The van der Waals surface area contributed by atoms with Crippen LogP contribution in [0, 0.1) is 11.8 Å². The van der Waals surface area contributed by atoms with Gasteiger partial charge in [-0.15, -0.1) is 0 Å². The van der Waals surface area contributed by atoms with Gasteiger partial charge in [0.1, 0.15) is 0 Å². The lowest BCUT2D eigenvalue weighted by atomic mass is 9.85. The molecule has 1 heterocycles. The zero-order chi connectivity index (χ0) is 24.8. The maximum absolute atomic E-state index is 13.1. The van der Waals surface area contributed by atoms with Crippen LogP contribution in [0.2, 0.25) is 0 Å². The molecule has 4 heteroatoms. The Morgan fingerprint density at radius 2 is 1.83 bits per heavy atom. The molecular formula is C31H34N2O2. The summed E-state index contributed by atoms with van der Waals surface area (Å²) in [7, 11) is 1.93. The Bertz CT molecular complexity index is 1240. The molecule has 3 aromatic rings. The highest BCUT2D eigenvalue weighted by atomic mass is 16.1. The van der Waals surface area contributed by atoms with Crippen LogP contribution in [-0.4, -0.2) is 24.8 Å². The minimum absolute atomic E-state index is 0.0758. The monoisotopic (exact) mass is 466 g/mol. The number of hydrogen-bond acceptors (Lipinski definition) is 4. The van der Waals surface area contributed by atoms with Gasteiger partial charge in [-0.3, -0.25) is 14.6 Å². The summed E-state index contributed by atoms with van der Waals surface area (Å²) in [5.41, 5.74) is 6.67. The van der Waals surface area contributed by atoms with Crippen molar-refractivity contribution in [1.29, 1.82) is 0 Å². The highest BCUT2D eigenvalue weighted by Gasteiger charge is 2.25. The number of carbonyl (C=O) groups excluding carboxylic acids is 2. The van der Waals surface area contributed by atoms with Crippen LogP contribution >= 0.6 is 0 Å². The molecule has 3 aromatic carbocycles. The number of aliphatic imine (C=N–C) groups is 1. The lowest BCUT2D eigenvalue weighted by Gasteiger charge is -2.19. The van der Waals surface area contributed by atoms with E-state index in [1.807, 2.05) is 26.3 Å². The van der Waals surface area contributed by atoms with Crippen molar-refractivity contribution >= 4 is 29.2 Å². The van der Waals surface area contributed by atoms with Gasteiger partial charge in [0.25, 0.3) is 0 Å². The molecule has 180 valence electrons. The fourth-order valence-electron chi connectivity index (χ4n) is 4.69. The van der Waals surface area contributed by atoms with Gasteiger partial charge in [0.2, 0.25) is 0 Å². The number of hydrogen-bond donors (Lipinski definition) is 1. The molecule has 4 nitrogen and oxygen atoms in total. The van der Waals surface area contributed by atoms with Gasteiger partial charge in [-0.05, 0) is 72.2 Å². The quantitative estimate of drug-likeness (QED) is 0.331. The Morgan fingerprint density at radius 3 is 2.60 bits per heavy atom. The number of Topliss-reactive ketones (excluding diaryl/α,β-unsaturated/α-hetero) is 2. The van der Waals surface area contributed by atoms with E-state index >= 15 is 0 Å². The predicted molar refractivity (Wildman–Crippen MR) is 145 cm³/mol. The Labute approximate surface area is 208 Å². The van der Waals surface area contributed by atoms with Crippen LogP contribution in [0.15, 0.2) is 71.7 Å². The number of fused-ring (bicyclic) bond motifs is 1. The normalized spacial score (nSPS) is 15.9. The summed E-state index contributed by atoms with van der Waals surface area (Å²) in [5, 5.41) is 3.20. The smallest absolute Gasteiger partial charge is 0.165 e. The Morgan fingerprint density at radius 1 is 1.06 bits per heavy atom. The molecule has 2 unspecified atom stereocenters. The second-order valence-corrected chi connectivity index (χ2v) is 9.52. The first-order valence-corrected chi connectivity index (χ1v) is 12.6. The summed E-state index contributed by atoms with van der Waals surface area (Å²) < 4.78 is 0. The van der Waals surface area contributed by atoms with Crippen molar-refractivity contribution < 1.29 is 9.59 Å². The van der Waals surface area contributed by atoms with E-state index in [-0.39, 0.29) is 17.5 Å². The summed E-state index contributed by atoms with van der Waals surface area (Å²) in [5.74, 6) is 0.558. The molecule has 0 saturated carbocycles. The van der Waals surface area contributed by atoms with E-state index in [2.05, 4.69) is 65.8 Å². The standard InChI is InChI=1S/C31H34N2O2/c1-4-7-30(34)25-14-15-29-28(18-25)31(35)19-26(20-33-29)21(2)12-13-22-8-5-9-23(16-22)24-10-6-11-27(17-24)32-3/h5-6,8-11,14-18,20-21,26,32H,4,7,12-13,19H2,1-3H3. The van der Waals surface area contributed by atoms with E-state index in [1.165, 1.54) is 16.7 Å². The second kappa shape index (κ2) is 11.3. The lowest BCUT2D eigenvalue weighted by molar-refractivity contribution is 0.0964. The van der Waals surface area contributed by atoms with Gasteiger partial charge in [0.05, 0.1) is 5.69 Å². The van der Waals surface area contributed by atoms with E-state index in [9.17, 15) is 9.59 Å². The van der Waals surface area contributed by atoms with E-state index in [0.717, 1.165) is 24.9 Å². The number of ketones is 2. The Hall–Kier alpha value is -3.53. The number of rotatable bonds is 9. The van der Waals surface area contributed by atoms with E-state index in [4.69, 9.17) is 0 Å². The van der Waals surface area contributed by atoms with Gasteiger partial charge >= 0.3 is 0 Å². The molecule has 0 radical (unpaired) electrons. The molecular weight excluding hydrogens is 432 g/mol. The molecule has 1 aliphatic rings. The minimum Gasteiger partial charge on any atom is -0.388 e. The van der Waals surface area contributed by atoms with Crippen molar-refractivity contribution in [2.75, 3.05) is 12.4 Å². The molecule has 1 aliphatic heterocycles. The largest absolute Gasteiger partial charge is 0.388 e. The molecule has 4 rings (SSSR count). The van der Waals surface area contributed by atoms with Crippen molar-refractivity contribution in [3.8, 4) is 11.1 Å². The number of nitrogens with one attached hydrogen (secondary N) is 1. The van der Waals surface area contributed by atoms with Gasteiger partial charge in [-0.1, -0.05) is 50.2 Å². The molecule has 1 N–H and O–H groups in total. The molecule has 2 atom stereocenters. The van der Waals surface area contributed by atoms with Crippen LogP contribution in [0.1, 0.15) is 65.8 Å². The Balaban J connectivity index is 1.42. The number of carbonyl (C=O) groups is 2. The average molecular weight is 467 g/mol. The third-order valence-corrected chi connectivity index (χ3v) is 6.95. The molecule has 0 fully saturated rings. The summed E-state index contributed by atoms with van der Waals surface area (Å²) in [6.07, 6.45) is 5.59. The molecule has 0 amide bonds. The molecule has 0 spiro atoms. The zero-order valence-electron chi connectivity index (χ0n) is 20.9. The number of benzene rings is 3. The number of aryl methyl sites for hydroxylation is 1. The van der Waals surface area contributed by atoms with Gasteiger partial charge < -0.3 is 5.32 Å². The predicted octanol–water partition coefficient (Wildman–Crippen LogP) is 7.55. The molecule has 0 bridgehead atoms. The van der Waals surface area contributed by atoms with E-state index in [0.29, 0.717) is 35.6 Å². The highest BCUT2D eigenvalue weighted by Crippen LogP contribution is 2.31. The molecule has 0 aromatic heterocycles. The minimum atomic E-state index is 0.0758. The molecule has 0 saturated heterocycles.